The van der Waals surface area contributed by atoms with Crippen molar-refractivity contribution in [2.24, 2.45) is 0 Å². The molecule has 0 atom stereocenters. The molecule has 0 spiro atoms. The fourth-order valence-electron chi connectivity index (χ4n) is 4.85. The van der Waals surface area contributed by atoms with Gasteiger partial charge in [0.2, 0.25) is 4.96 Å². The number of benzene rings is 5. The molecule has 0 aliphatic rings. The molecule has 7 aromatic rings. The zero-order chi connectivity index (χ0) is 25.5. The summed E-state index contributed by atoms with van der Waals surface area (Å²) >= 11 is 1.50. The highest BCUT2D eigenvalue weighted by atomic mass is 32.1. The third-order valence-corrected chi connectivity index (χ3v) is 7.79. The van der Waals surface area contributed by atoms with Crippen LogP contribution < -0.4 is 5.69 Å². The van der Waals surface area contributed by atoms with Crippen LogP contribution in [-0.4, -0.2) is 14.4 Å². The predicted molar refractivity (Wildman–Crippen MR) is 156 cm³/mol. The fourth-order valence-corrected chi connectivity index (χ4v) is 5.84. The summed E-state index contributed by atoms with van der Waals surface area (Å²) in [5, 5.41) is 0. The van der Waals surface area contributed by atoms with Crippen molar-refractivity contribution in [3.05, 3.63) is 138 Å². The van der Waals surface area contributed by atoms with Crippen LogP contribution in [0, 0.1) is 0 Å². The van der Waals surface area contributed by atoms with Gasteiger partial charge in [0.1, 0.15) is 0 Å². The van der Waals surface area contributed by atoms with E-state index < -0.39 is 5.69 Å². The number of nitrogens with zero attached hydrogens (tertiary/aromatic N) is 3. The van der Waals surface area contributed by atoms with Crippen LogP contribution in [0.3, 0.4) is 0 Å². The van der Waals surface area contributed by atoms with Crippen LogP contribution in [0.4, 0.5) is 0 Å². The first-order chi connectivity index (χ1) is 18.7. The number of rotatable bonds is 4. The highest BCUT2D eigenvalue weighted by Gasteiger charge is 2.14. The van der Waals surface area contributed by atoms with Gasteiger partial charge in [0.05, 0.1) is 10.2 Å². The smallest absolute Gasteiger partial charge is 0.268 e. The summed E-state index contributed by atoms with van der Waals surface area (Å²) in [5.41, 5.74) is 8.41. The Morgan fingerprint density at radius 3 is 1.55 bits per heavy atom. The van der Waals surface area contributed by atoms with Crippen LogP contribution in [0.2, 0.25) is 0 Å². The summed E-state index contributed by atoms with van der Waals surface area (Å²) in [6, 6.07) is 43.9. The third-order valence-electron chi connectivity index (χ3n) is 6.77. The number of hydrogen-bond acceptors (Lipinski definition) is 4. The Kier molecular flexibility index (Phi) is 5.42. The monoisotopic (exact) mass is 507 g/mol. The summed E-state index contributed by atoms with van der Waals surface area (Å²) in [5.74, 6) is 0.610. The molecule has 0 bridgehead atoms. The van der Waals surface area contributed by atoms with E-state index in [0.29, 0.717) is 10.8 Å². The van der Waals surface area contributed by atoms with E-state index in [-0.39, 0.29) is 0 Å². The maximum atomic E-state index is 12.3. The summed E-state index contributed by atoms with van der Waals surface area (Å²) in [6.45, 7) is 0. The van der Waals surface area contributed by atoms with Gasteiger partial charge in [-0.05, 0) is 45.5 Å². The molecule has 7 rings (SSSR count). The third kappa shape index (κ3) is 3.99. The van der Waals surface area contributed by atoms with Crippen molar-refractivity contribution in [3.63, 3.8) is 0 Å². The van der Waals surface area contributed by atoms with Gasteiger partial charge in [-0.25, -0.2) is 4.79 Å². The maximum Gasteiger partial charge on any atom is 0.371 e. The van der Waals surface area contributed by atoms with Gasteiger partial charge in [0.25, 0.3) is 0 Å². The number of aromatic nitrogens is 3. The van der Waals surface area contributed by atoms with Gasteiger partial charge in [0, 0.05) is 5.56 Å². The Morgan fingerprint density at radius 2 is 0.974 bits per heavy atom. The molecule has 38 heavy (non-hydrogen) atoms. The molecular weight excluding hydrogens is 486 g/mol. The molecule has 0 aliphatic heterocycles. The minimum atomic E-state index is -0.469. The van der Waals surface area contributed by atoms with Crippen LogP contribution in [0.5, 0.6) is 0 Å². The zero-order valence-electron chi connectivity index (χ0n) is 20.3. The van der Waals surface area contributed by atoms with Crippen LogP contribution in [0.1, 0.15) is 0 Å². The average molecular weight is 508 g/mol. The van der Waals surface area contributed by atoms with E-state index in [2.05, 4.69) is 101 Å². The van der Waals surface area contributed by atoms with E-state index in [1.165, 1.54) is 33.6 Å². The molecule has 0 saturated heterocycles. The summed E-state index contributed by atoms with van der Waals surface area (Å²) in [7, 11) is 0. The Balaban J connectivity index is 1.26. The minimum absolute atomic E-state index is 0.469. The first-order valence-electron chi connectivity index (χ1n) is 12.4. The first-order valence-corrected chi connectivity index (χ1v) is 13.2. The zero-order valence-corrected chi connectivity index (χ0v) is 21.1. The molecule has 0 aliphatic carbocycles. The van der Waals surface area contributed by atoms with Crippen LogP contribution in [-0.2, 0) is 0 Å². The Bertz CT molecular complexity index is 1960. The lowest BCUT2D eigenvalue weighted by molar-refractivity contribution is 1.01. The van der Waals surface area contributed by atoms with Gasteiger partial charge >= 0.3 is 5.69 Å². The largest absolute Gasteiger partial charge is 0.371 e. The predicted octanol–water partition coefficient (Wildman–Crippen LogP) is 7.97. The van der Waals surface area contributed by atoms with E-state index in [4.69, 9.17) is 0 Å². The molecule has 0 N–H and O–H groups in total. The van der Waals surface area contributed by atoms with Crippen molar-refractivity contribution in [3.8, 4) is 44.8 Å². The van der Waals surface area contributed by atoms with Crippen LogP contribution >= 0.6 is 11.3 Å². The lowest BCUT2D eigenvalue weighted by atomic mass is 9.98. The van der Waals surface area contributed by atoms with E-state index in [1.807, 2.05) is 40.8 Å². The number of fused-ring (bicyclic) bond motifs is 3. The average Bonchev–Trinajstić information content (AvgIpc) is 3.35. The fraction of sp³-hybridized carbons (Fsp3) is 0. The standard InChI is InChI=1S/C33H21N3OS/c37-32-34-31(27-9-5-2-6-10-27)36-29-21-28(19-20-30(29)38-33(36)35-32)26-17-15-25(16-18-26)24-13-11-23(12-14-24)22-7-3-1-4-8-22/h1-21H. The molecular formula is C33H21N3OS. The lowest BCUT2D eigenvalue weighted by Crippen LogP contribution is -2.14. The second kappa shape index (κ2) is 9.21. The SMILES string of the molecule is O=c1nc(-c2ccccc2)n2c(n1)sc1ccc(-c3ccc(-c4ccc(-c5ccccc5)cc4)cc3)cc12. The normalized spacial score (nSPS) is 11.3. The van der Waals surface area contributed by atoms with E-state index >= 15 is 0 Å². The molecule has 180 valence electrons. The molecule has 0 saturated carbocycles. The minimum Gasteiger partial charge on any atom is -0.268 e. The van der Waals surface area contributed by atoms with Crippen molar-refractivity contribution in [2.45, 2.75) is 0 Å². The molecule has 2 aromatic heterocycles. The molecule has 0 fully saturated rings. The Hall–Kier alpha value is -4.87. The molecule has 5 aromatic carbocycles. The van der Waals surface area contributed by atoms with Gasteiger partial charge in [0.15, 0.2) is 5.82 Å². The molecule has 0 radical (unpaired) electrons. The van der Waals surface area contributed by atoms with Gasteiger partial charge < -0.3 is 0 Å². The van der Waals surface area contributed by atoms with Crippen molar-refractivity contribution in [1.82, 2.24) is 14.4 Å². The summed E-state index contributed by atoms with van der Waals surface area (Å²) in [6.07, 6.45) is 0. The van der Waals surface area contributed by atoms with Crippen molar-refractivity contribution in [1.29, 1.82) is 0 Å². The number of thiazole rings is 1. The van der Waals surface area contributed by atoms with E-state index in [1.54, 1.807) is 0 Å². The highest BCUT2D eigenvalue weighted by molar-refractivity contribution is 7.23. The second-order valence-corrected chi connectivity index (χ2v) is 10.1. The van der Waals surface area contributed by atoms with Gasteiger partial charge in [-0.15, -0.1) is 0 Å². The van der Waals surface area contributed by atoms with Crippen molar-refractivity contribution in [2.75, 3.05) is 0 Å². The molecule has 5 heteroatoms. The topological polar surface area (TPSA) is 47.3 Å². The maximum absolute atomic E-state index is 12.3. The van der Waals surface area contributed by atoms with Gasteiger partial charge in [-0.3, -0.25) is 4.40 Å². The van der Waals surface area contributed by atoms with E-state index in [0.717, 1.165) is 26.9 Å². The van der Waals surface area contributed by atoms with Gasteiger partial charge in [-0.2, -0.15) is 9.97 Å². The first kappa shape index (κ1) is 22.3. The molecule has 2 heterocycles. The Morgan fingerprint density at radius 1 is 0.500 bits per heavy atom. The van der Waals surface area contributed by atoms with Crippen LogP contribution in [0.15, 0.2) is 132 Å². The van der Waals surface area contributed by atoms with Crippen molar-refractivity contribution >= 4 is 26.5 Å². The number of hydrogen-bond donors (Lipinski definition) is 0. The molecule has 0 unspecified atom stereocenters. The Labute approximate surface area is 223 Å². The molecule has 0 amide bonds. The second-order valence-electron chi connectivity index (χ2n) is 9.12. The quantitative estimate of drug-likeness (QED) is 0.243. The van der Waals surface area contributed by atoms with Crippen molar-refractivity contribution < 1.29 is 0 Å². The summed E-state index contributed by atoms with van der Waals surface area (Å²) in [4.78, 5) is 21.4. The summed E-state index contributed by atoms with van der Waals surface area (Å²) < 4.78 is 3.05. The van der Waals surface area contributed by atoms with E-state index in [9.17, 15) is 4.79 Å². The van der Waals surface area contributed by atoms with Crippen LogP contribution in [0.25, 0.3) is 59.9 Å². The molecule has 4 nitrogen and oxygen atoms in total. The lowest BCUT2D eigenvalue weighted by Gasteiger charge is -2.08. The van der Waals surface area contributed by atoms with Gasteiger partial charge in [-0.1, -0.05) is 127 Å². The highest BCUT2D eigenvalue weighted by Crippen LogP contribution is 2.33.